The van der Waals surface area contributed by atoms with Crippen molar-refractivity contribution < 1.29 is 28.1 Å². The Morgan fingerprint density at radius 2 is 1.75 bits per heavy atom. The van der Waals surface area contributed by atoms with Gasteiger partial charge < -0.3 is 25.6 Å². The van der Waals surface area contributed by atoms with Crippen molar-refractivity contribution in [3.8, 4) is 0 Å². The summed E-state index contributed by atoms with van der Waals surface area (Å²) in [6.45, 7) is 3.53. The molecule has 2 fully saturated rings. The van der Waals surface area contributed by atoms with Crippen LogP contribution >= 0.6 is 0 Å². The topological polar surface area (TPSA) is 105 Å². The Morgan fingerprint density at radius 3 is 2.32 bits per heavy atom. The molecule has 3 atom stereocenters. The number of hydrogen-bond acceptors (Lipinski definition) is 7. The molecule has 0 amide bonds. The van der Waals surface area contributed by atoms with Gasteiger partial charge in [-0.05, 0) is 32.4 Å². The molecule has 7 nitrogen and oxygen atoms in total. The number of nitrogens with zero attached hydrogens (tertiary/aromatic N) is 3. The zero-order valence-electron chi connectivity index (χ0n) is 15.8. The average molecular weight is 406 g/mol. The SMILES string of the molecule is Nc1cncc(C(F)(F)F)n1.OC1CCOC(CN2CCCCCCC2)C1O. The van der Waals surface area contributed by atoms with Crippen molar-refractivity contribution in [2.45, 2.75) is 63.0 Å². The molecule has 0 saturated carbocycles. The van der Waals surface area contributed by atoms with Crippen LogP contribution in [0.2, 0.25) is 0 Å². The third-order valence-electron chi connectivity index (χ3n) is 4.85. The Labute approximate surface area is 162 Å². The second kappa shape index (κ2) is 10.9. The standard InChI is InChI=1S/C13H25NO3.C5H4F3N3/c15-11-6-9-17-12(13(11)16)10-14-7-4-2-1-3-5-8-14;6-5(7,8)3-1-10-2-4(9)11-3/h11-13,15-16H,1-10H2;1-2H,(H2,9,11). The van der Waals surface area contributed by atoms with Crippen molar-refractivity contribution in [2.75, 3.05) is 32.0 Å². The first-order valence-corrected chi connectivity index (χ1v) is 9.62. The van der Waals surface area contributed by atoms with E-state index < -0.39 is 24.1 Å². The fraction of sp³-hybridized carbons (Fsp3) is 0.778. The zero-order chi connectivity index (χ0) is 20.6. The quantitative estimate of drug-likeness (QED) is 0.688. The third kappa shape index (κ3) is 7.50. The Bertz CT molecular complexity index is 583. The van der Waals surface area contributed by atoms with Gasteiger partial charge in [0.25, 0.3) is 0 Å². The van der Waals surface area contributed by atoms with E-state index in [0.717, 1.165) is 25.8 Å². The van der Waals surface area contributed by atoms with Crippen LogP contribution in [0.1, 0.15) is 44.2 Å². The molecule has 0 spiro atoms. The second-order valence-corrected chi connectivity index (χ2v) is 7.15. The van der Waals surface area contributed by atoms with E-state index in [-0.39, 0.29) is 11.9 Å². The summed E-state index contributed by atoms with van der Waals surface area (Å²) in [5.74, 6) is -0.236. The molecule has 0 aromatic carbocycles. The Balaban J connectivity index is 0.000000221. The molecule has 3 unspecified atom stereocenters. The maximum absolute atomic E-state index is 11.8. The van der Waals surface area contributed by atoms with Crippen LogP contribution in [-0.4, -0.2) is 69.6 Å². The van der Waals surface area contributed by atoms with Crippen LogP contribution in [-0.2, 0) is 10.9 Å². The van der Waals surface area contributed by atoms with Crippen LogP contribution in [0, 0.1) is 0 Å². The lowest BCUT2D eigenvalue weighted by Crippen LogP contribution is -2.50. The summed E-state index contributed by atoms with van der Waals surface area (Å²) in [7, 11) is 0. The molecule has 28 heavy (non-hydrogen) atoms. The minimum absolute atomic E-state index is 0.210. The van der Waals surface area contributed by atoms with E-state index in [1.54, 1.807) is 0 Å². The predicted molar refractivity (Wildman–Crippen MR) is 97.3 cm³/mol. The zero-order valence-corrected chi connectivity index (χ0v) is 15.8. The number of aliphatic hydroxyl groups is 2. The van der Waals surface area contributed by atoms with Gasteiger partial charge >= 0.3 is 6.18 Å². The second-order valence-electron chi connectivity index (χ2n) is 7.15. The average Bonchev–Trinajstić information content (AvgIpc) is 2.61. The molecule has 2 aliphatic heterocycles. The number of ether oxygens (including phenoxy) is 1. The first-order chi connectivity index (χ1) is 13.3. The molecule has 0 aliphatic carbocycles. The number of nitrogen functional groups attached to an aromatic ring is 1. The van der Waals surface area contributed by atoms with Crippen molar-refractivity contribution in [3.05, 3.63) is 18.1 Å². The summed E-state index contributed by atoms with van der Waals surface area (Å²) in [4.78, 5) is 8.66. The number of rotatable bonds is 2. The van der Waals surface area contributed by atoms with Gasteiger partial charge in [-0.15, -0.1) is 0 Å². The van der Waals surface area contributed by atoms with Crippen molar-refractivity contribution in [1.82, 2.24) is 14.9 Å². The monoisotopic (exact) mass is 406 g/mol. The number of likely N-dealkylation sites (tertiary alicyclic amines) is 1. The summed E-state index contributed by atoms with van der Waals surface area (Å²) in [5.41, 5.74) is 3.91. The molecule has 10 heteroatoms. The first kappa shape index (κ1) is 22.8. The molecule has 160 valence electrons. The number of hydrogen-bond donors (Lipinski definition) is 3. The first-order valence-electron chi connectivity index (χ1n) is 9.62. The van der Waals surface area contributed by atoms with E-state index in [1.807, 2.05) is 0 Å². The molecule has 4 N–H and O–H groups in total. The Hall–Kier alpha value is -1.49. The van der Waals surface area contributed by atoms with Gasteiger partial charge in [0.2, 0.25) is 0 Å². The Morgan fingerprint density at radius 1 is 1.11 bits per heavy atom. The highest BCUT2D eigenvalue weighted by atomic mass is 19.4. The van der Waals surface area contributed by atoms with Crippen LogP contribution in [0.5, 0.6) is 0 Å². The molecule has 2 aliphatic rings. The van der Waals surface area contributed by atoms with E-state index in [1.165, 1.54) is 32.1 Å². The van der Waals surface area contributed by atoms with Gasteiger partial charge in [0.1, 0.15) is 11.9 Å². The maximum atomic E-state index is 11.8. The molecular formula is C18H29F3N4O3. The van der Waals surface area contributed by atoms with Gasteiger partial charge in [0.05, 0.1) is 24.6 Å². The molecule has 1 aromatic heterocycles. The van der Waals surface area contributed by atoms with Crippen molar-refractivity contribution >= 4 is 5.82 Å². The van der Waals surface area contributed by atoms with Crippen LogP contribution in [0.25, 0.3) is 0 Å². The highest BCUT2D eigenvalue weighted by Crippen LogP contribution is 2.26. The summed E-state index contributed by atoms with van der Waals surface area (Å²) >= 11 is 0. The lowest BCUT2D eigenvalue weighted by Gasteiger charge is -2.36. The van der Waals surface area contributed by atoms with Gasteiger partial charge in [0, 0.05) is 13.2 Å². The van der Waals surface area contributed by atoms with E-state index in [4.69, 9.17) is 10.5 Å². The Kier molecular flexibility index (Phi) is 8.87. The van der Waals surface area contributed by atoms with Gasteiger partial charge in [-0.2, -0.15) is 13.2 Å². The van der Waals surface area contributed by atoms with Gasteiger partial charge in [-0.25, -0.2) is 4.98 Å². The number of aromatic nitrogens is 2. The molecule has 1 aromatic rings. The number of nitrogens with two attached hydrogens (primary N) is 1. The lowest BCUT2D eigenvalue weighted by atomic mass is 10.0. The normalized spacial score (nSPS) is 27.2. The molecule has 2 saturated heterocycles. The molecule has 0 radical (unpaired) electrons. The fourth-order valence-electron chi connectivity index (χ4n) is 3.29. The van der Waals surface area contributed by atoms with Gasteiger partial charge in [-0.1, -0.05) is 19.3 Å². The van der Waals surface area contributed by atoms with Crippen LogP contribution < -0.4 is 5.73 Å². The van der Waals surface area contributed by atoms with Crippen molar-refractivity contribution in [3.63, 3.8) is 0 Å². The van der Waals surface area contributed by atoms with E-state index in [2.05, 4.69) is 14.9 Å². The molecular weight excluding hydrogens is 377 g/mol. The summed E-state index contributed by atoms with van der Waals surface area (Å²) < 4.78 is 41.0. The van der Waals surface area contributed by atoms with Crippen LogP contribution in [0.3, 0.4) is 0 Å². The van der Waals surface area contributed by atoms with Gasteiger partial charge in [0.15, 0.2) is 5.69 Å². The van der Waals surface area contributed by atoms with Gasteiger partial charge in [-0.3, -0.25) is 4.98 Å². The highest BCUT2D eigenvalue weighted by molar-refractivity contribution is 5.24. The summed E-state index contributed by atoms with van der Waals surface area (Å²) in [6, 6.07) is 0. The van der Waals surface area contributed by atoms with E-state index in [0.29, 0.717) is 19.2 Å². The highest BCUT2D eigenvalue weighted by Gasteiger charge is 2.33. The number of aliphatic hydroxyl groups excluding tert-OH is 2. The number of anilines is 1. The van der Waals surface area contributed by atoms with Crippen molar-refractivity contribution in [1.29, 1.82) is 0 Å². The van der Waals surface area contributed by atoms with Crippen LogP contribution in [0.4, 0.5) is 19.0 Å². The minimum atomic E-state index is -4.47. The van der Waals surface area contributed by atoms with Crippen molar-refractivity contribution in [2.24, 2.45) is 0 Å². The molecule has 3 heterocycles. The lowest BCUT2D eigenvalue weighted by molar-refractivity contribution is -0.141. The minimum Gasteiger partial charge on any atom is -0.390 e. The summed E-state index contributed by atoms with van der Waals surface area (Å²) in [5, 5.41) is 19.5. The molecule has 3 rings (SSSR count). The predicted octanol–water partition coefficient (Wildman–Crippen LogP) is 1.84. The fourth-order valence-corrected chi connectivity index (χ4v) is 3.29. The summed E-state index contributed by atoms with van der Waals surface area (Å²) in [6.07, 6.45) is 2.69. The smallest absolute Gasteiger partial charge is 0.390 e. The number of alkyl halides is 3. The van der Waals surface area contributed by atoms with E-state index in [9.17, 15) is 23.4 Å². The van der Waals surface area contributed by atoms with Crippen LogP contribution in [0.15, 0.2) is 12.4 Å². The van der Waals surface area contributed by atoms with E-state index >= 15 is 0 Å². The maximum Gasteiger partial charge on any atom is 0.434 e. The molecule has 0 bridgehead atoms. The third-order valence-corrected chi connectivity index (χ3v) is 4.85. The largest absolute Gasteiger partial charge is 0.434 e. The number of halogens is 3.